The van der Waals surface area contributed by atoms with Crippen LogP contribution in [0.4, 0.5) is 10.5 Å². The Kier molecular flexibility index (Phi) is 5.25. The van der Waals surface area contributed by atoms with Crippen LogP contribution in [0.2, 0.25) is 0 Å². The van der Waals surface area contributed by atoms with Crippen molar-refractivity contribution in [2.75, 3.05) is 19.5 Å². The standard InChI is InChI=1S/C17H20N2O3/c1-12(13-7-9-15(21-2)10-8-13)18-17(20)19-14-5-4-6-16(11-14)22-3/h4-12H,1-3H3,(H2,18,19,20)/t12-/m0/s1. The molecule has 0 radical (unpaired) electrons. The fourth-order valence-electron chi connectivity index (χ4n) is 2.04. The molecule has 0 aliphatic heterocycles. The van der Waals surface area contributed by atoms with E-state index in [0.717, 1.165) is 11.3 Å². The van der Waals surface area contributed by atoms with Gasteiger partial charge >= 0.3 is 6.03 Å². The number of methoxy groups -OCH3 is 2. The lowest BCUT2D eigenvalue weighted by Crippen LogP contribution is -2.31. The number of nitrogens with one attached hydrogen (secondary N) is 2. The smallest absolute Gasteiger partial charge is 0.319 e. The summed E-state index contributed by atoms with van der Waals surface area (Å²) in [7, 11) is 3.21. The van der Waals surface area contributed by atoms with Crippen LogP contribution in [0.25, 0.3) is 0 Å². The van der Waals surface area contributed by atoms with Crippen molar-refractivity contribution in [2.24, 2.45) is 0 Å². The van der Waals surface area contributed by atoms with Crippen molar-refractivity contribution in [1.82, 2.24) is 5.32 Å². The summed E-state index contributed by atoms with van der Waals surface area (Å²) < 4.78 is 10.2. The van der Waals surface area contributed by atoms with E-state index < -0.39 is 0 Å². The van der Waals surface area contributed by atoms with E-state index in [1.807, 2.05) is 43.3 Å². The molecule has 0 fully saturated rings. The van der Waals surface area contributed by atoms with Gasteiger partial charge in [-0.1, -0.05) is 18.2 Å². The summed E-state index contributed by atoms with van der Waals surface area (Å²) in [4.78, 5) is 12.0. The summed E-state index contributed by atoms with van der Waals surface area (Å²) >= 11 is 0. The highest BCUT2D eigenvalue weighted by Crippen LogP contribution is 2.19. The number of urea groups is 1. The predicted molar refractivity (Wildman–Crippen MR) is 86.6 cm³/mol. The number of ether oxygens (including phenoxy) is 2. The maximum Gasteiger partial charge on any atom is 0.319 e. The fraction of sp³-hybridized carbons (Fsp3) is 0.235. The molecule has 2 aromatic rings. The maximum absolute atomic E-state index is 12.0. The Morgan fingerprint density at radius 3 is 2.32 bits per heavy atom. The van der Waals surface area contributed by atoms with Gasteiger partial charge in [-0.05, 0) is 36.8 Å². The highest BCUT2D eigenvalue weighted by atomic mass is 16.5. The normalized spacial score (nSPS) is 11.4. The molecule has 0 aliphatic rings. The number of anilines is 1. The average Bonchev–Trinajstić information content (AvgIpc) is 2.55. The van der Waals surface area contributed by atoms with Crippen LogP contribution >= 0.6 is 0 Å². The van der Waals surface area contributed by atoms with Crippen LogP contribution in [-0.2, 0) is 0 Å². The van der Waals surface area contributed by atoms with Crippen LogP contribution in [0, 0.1) is 0 Å². The summed E-state index contributed by atoms with van der Waals surface area (Å²) in [5, 5.41) is 5.67. The van der Waals surface area contributed by atoms with Gasteiger partial charge < -0.3 is 20.1 Å². The topological polar surface area (TPSA) is 59.6 Å². The molecule has 1 atom stereocenters. The number of rotatable bonds is 5. The third-order valence-electron chi connectivity index (χ3n) is 3.29. The van der Waals surface area contributed by atoms with Gasteiger partial charge in [-0.25, -0.2) is 4.79 Å². The van der Waals surface area contributed by atoms with E-state index >= 15 is 0 Å². The summed E-state index contributed by atoms with van der Waals surface area (Å²) in [5.74, 6) is 1.48. The Morgan fingerprint density at radius 2 is 1.68 bits per heavy atom. The number of hydrogen-bond acceptors (Lipinski definition) is 3. The van der Waals surface area contributed by atoms with Gasteiger partial charge in [0.05, 0.1) is 20.3 Å². The largest absolute Gasteiger partial charge is 0.497 e. The SMILES string of the molecule is COc1ccc([C@H](C)NC(=O)Nc2cccc(OC)c2)cc1. The molecule has 0 heterocycles. The van der Waals surface area contributed by atoms with E-state index in [9.17, 15) is 4.79 Å². The van der Waals surface area contributed by atoms with Gasteiger partial charge in [0.25, 0.3) is 0 Å². The van der Waals surface area contributed by atoms with E-state index in [1.54, 1.807) is 26.4 Å². The van der Waals surface area contributed by atoms with Crippen molar-refractivity contribution >= 4 is 11.7 Å². The first-order valence-corrected chi connectivity index (χ1v) is 6.98. The quantitative estimate of drug-likeness (QED) is 0.887. The van der Waals surface area contributed by atoms with Crippen LogP contribution < -0.4 is 20.1 Å². The average molecular weight is 300 g/mol. The van der Waals surface area contributed by atoms with E-state index in [0.29, 0.717) is 11.4 Å². The maximum atomic E-state index is 12.0. The summed E-state index contributed by atoms with van der Waals surface area (Å²) in [6.07, 6.45) is 0. The zero-order valence-corrected chi connectivity index (χ0v) is 12.9. The lowest BCUT2D eigenvalue weighted by molar-refractivity contribution is 0.249. The van der Waals surface area contributed by atoms with Crippen LogP contribution in [0.5, 0.6) is 11.5 Å². The highest BCUT2D eigenvalue weighted by molar-refractivity contribution is 5.89. The molecular weight excluding hydrogens is 280 g/mol. The number of amides is 2. The third kappa shape index (κ3) is 4.15. The molecule has 2 amide bonds. The van der Waals surface area contributed by atoms with Gasteiger partial charge in [-0.2, -0.15) is 0 Å². The first kappa shape index (κ1) is 15.7. The summed E-state index contributed by atoms with van der Waals surface area (Å²) in [6.45, 7) is 1.92. The van der Waals surface area contributed by atoms with Gasteiger partial charge in [0.15, 0.2) is 0 Å². The van der Waals surface area contributed by atoms with Gasteiger partial charge in [-0.15, -0.1) is 0 Å². The molecule has 22 heavy (non-hydrogen) atoms. The zero-order chi connectivity index (χ0) is 15.9. The molecule has 0 aliphatic carbocycles. The van der Waals surface area contributed by atoms with Gasteiger partial charge in [-0.3, -0.25) is 0 Å². The molecule has 0 bridgehead atoms. The molecule has 0 saturated carbocycles. The molecule has 5 heteroatoms. The summed E-state index contributed by atoms with van der Waals surface area (Å²) in [6, 6.07) is 14.4. The minimum absolute atomic E-state index is 0.114. The second-order valence-corrected chi connectivity index (χ2v) is 4.83. The van der Waals surface area contributed by atoms with E-state index in [-0.39, 0.29) is 12.1 Å². The Hall–Kier alpha value is -2.69. The second kappa shape index (κ2) is 7.36. The lowest BCUT2D eigenvalue weighted by atomic mass is 10.1. The highest BCUT2D eigenvalue weighted by Gasteiger charge is 2.10. The molecule has 116 valence electrons. The van der Waals surface area contributed by atoms with E-state index in [1.165, 1.54) is 0 Å². The number of hydrogen-bond donors (Lipinski definition) is 2. The van der Waals surface area contributed by atoms with Crippen molar-refractivity contribution in [2.45, 2.75) is 13.0 Å². The molecule has 0 unspecified atom stereocenters. The molecule has 2 aromatic carbocycles. The Bertz CT molecular complexity index is 626. The molecule has 0 saturated heterocycles. The molecule has 2 rings (SSSR count). The molecule has 0 spiro atoms. The molecular formula is C17H20N2O3. The number of benzene rings is 2. The van der Waals surface area contributed by atoms with Crippen LogP contribution in [0.3, 0.4) is 0 Å². The molecule has 0 aromatic heterocycles. The van der Waals surface area contributed by atoms with Crippen LogP contribution in [-0.4, -0.2) is 20.3 Å². The van der Waals surface area contributed by atoms with Crippen molar-refractivity contribution in [3.63, 3.8) is 0 Å². The monoisotopic (exact) mass is 300 g/mol. The van der Waals surface area contributed by atoms with Crippen molar-refractivity contribution < 1.29 is 14.3 Å². The fourth-order valence-corrected chi connectivity index (χ4v) is 2.04. The van der Waals surface area contributed by atoms with Gasteiger partial charge in [0.1, 0.15) is 11.5 Å². The molecule has 5 nitrogen and oxygen atoms in total. The van der Waals surface area contributed by atoms with Crippen molar-refractivity contribution in [1.29, 1.82) is 0 Å². The second-order valence-electron chi connectivity index (χ2n) is 4.83. The van der Waals surface area contributed by atoms with Crippen molar-refractivity contribution in [3.8, 4) is 11.5 Å². The predicted octanol–water partition coefficient (Wildman–Crippen LogP) is 3.59. The first-order chi connectivity index (χ1) is 10.6. The van der Waals surface area contributed by atoms with Gasteiger partial charge in [0, 0.05) is 11.8 Å². The van der Waals surface area contributed by atoms with Crippen LogP contribution in [0.15, 0.2) is 48.5 Å². The first-order valence-electron chi connectivity index (χ1n) is 6.98. The Balaban J connectivity index is 1.95. The number of carbonyl (C=O) groups excluding carboxylic acids is 1. The van der Waals surface area contributed by atoms with E-state index in [2.05, 4.69) is 10.6 Å². The van der Waals surface area contributed by atoms with Crippen LogP contribution in [0.1, 0.15) is 18.5 Å². The Labute approximate surface area is 130 Å². The molecule has 2 N–H and O–H groups in total. The van der Waals surface area contributed by atoms with Crippen molar-refractivity contribution in [3.05, 3.63) is 54.1 Å². The minimum Gasteiger partial charge on any atom is -0.497 e. The Morgan fingerprint density at radius 1 is 1.00 bits per heavy atom. The summed E-state index contributed by atoms with van der Waals surface area (Å²) in [5.41, 5.74) is 1.68. The zero-order valence-electron chi connectivity index (χ0n) is 12.9. The third-order valence-corrected chi connectivity index (χ3v) is 3.29. The van der Waals surface area contributed by atoms with Gasteiger partial charge in [0.2, 0.25) is 0 Å². The van der Waals surface area contributed by atoms with E-state index in [4.69, 9.17) is 9.47 Å². The number of carbonyl (C=O) groups is 1. The lowest BCUT2D eigenvalue weighted by Gasteiger charge is -2.15. The minimum atomic E-state index is -0.267.